The molecule has 0 radical (unpaired) electrons. The molecule has 3 aromatic rings. The van der Waals surface area contributed by atoms with E-state index in [0.29, 0.717) is 12.1 Å². The van der Waals surface area contributed by atoms with Crippen LogP contribution in [0.3, 0.4) is 0 Å². The van der Waals surface area contributed by atoms with E-state index < -0.39 is 23.3 Å². The van der Waals surface area contributed by atoms with Crippen molar-refractivity contribution in [3.63, 3.8) is 0 Å². The topological polar surface area (TPSA) is 92.6 Å². The van der Waals surface area contributed by atoms with Crippen molar-refractivity contribution in [3.05, 3.63) is 87.9 Å². The maximum absolute atomic E-state index is 15.8. The smallest absolute Gasteiger partial charge is 0.407 e. The highest BCUT2D eigenvalue weighted by atomic mass is 35.5. The van der Waals surface area contributed by atoms with Gasteiger partial charge in [-0.05, 0) is 100 Å². The SMILES string of the molecule is COCCOc1ccc(C#N)c(-c2cc(C(CNC3CCC(NC(=O)OC(C)(C)C)CC3)c3cc#ccc3)cc(F)c2Cl)c1F. The van der Waals surface area contributed by atoms with Crippen molar-refractivity contribution >= 4 is 17.7 Å². The Kier molecular flexibility index (Phi) is 11.6. The summed E-state index contributed by atoms with van der Waals surface area (Å²) < 4.78 is 47.2. The van der Waals surface area contributed by atoms with E-state index in [9.17, 15) is 10.1 Å². The number of methoxy groups -OCH3 is 1. The second-order valence-corrected chi connectivity index (χ2v) is 12.4. The Bertz CT molecular complexity index is 1500. The lowest BCUT2D eigenvalue weighted by Crippen LogP contribution is -2.44. The van der Waals surface area contributed by atoms with Crippen LogP contribution in [0.15, 0.2) is 42.5 Å². The number of carbonyl (C=O) groups is 1. The molecular formula is C35H38ClF2N3O4. The number of hydrogen-bond donors (Lipinski definition) is 2. The summed E-state index contributed by atoms with van der Waals surface area (Å²) in [5.74, 6) is -1.99. The summed E-state index contributed by atoms with van der Waals surface area (Å²) in [5, 5.41) is 16.1. The summed E-state index contributed by atoms with van der Waals surface area (Å²) in [4.78, 5) is 12.2. The van der Waals surface area contributed by atoms with Gasteiger partial charge in [-0.2, -0.15) is 5.26 Å². The van der Waals surface area contributed by atoms with Gasteiger partial charge in [-0.3, -0.25) is 0 Å². The molecule has 0 aliphatic heterocycles. The molecule has 1 atom stereocenters. The van der Waals surface area contributed by atoms with Gasteiger partial charge in [-0.1, -0.05) is 23.7 Å². The summed E-state index contributed by atoms with van der Waals surface area (Å²) in [6.07, 6.45) is 2.81. The third kappa shape index (κ3) is 9.08. The van der Waals surface area contributed by atoms with Crippen LogP contribution in [0.1, 0.15) is 69.1 Å². The van der Waals surface area contributed by atoms with Crippen LogP contribution in [0, 0.1) is 35.1 Å². The van der Waals surface area contributed by atoms with Crippen molar-refractivity contribution in [1.29, 1.82) is 5.26 Å². The quantitative estimate of drug-likeness (QED) is 0.214. The van der Waals surface area contributed by atoms with Gasteiger partial charge in [0.25, 0.3) is 0 Å². The van der Waals surface area contributed by atoms with Crippen molar-refractivity contribution in [3.8, 4) is 22.9 Å². The molecule has 1 aliphatic rings. The molecular weight excluding hydrogens is 600 g/mol. The minimum atomic E-state index is -0.808. The molecule has 238 valence electrons. The van der Waals surface area contributed by atoms with Gasteiger partial charge in [0, 0.05) is 42.8 Å². The van der Waals surface area contributed by atoms with Crippen LogP contribution in [0.25, 0.3) is 11.1 Å². The fourth-order valence-corrected chi connectivity index (χ4v) is 5.66. The molecule has 7 nitrogen and oxygen atoms in total. The first kappa shape index (κ1) is 34.0. The lowest BCUT2D eigenvalue weighted by Gasteiger charge is -2.31. The van der Waals surface area contributed by atoms with Crippen molar-refractivity contribution in [2.45, 2.75) is 70.1 Å². The number of benzene rings is 2. The Morgan fingerprint density at radius 1 is 1.09 bits per heavy atom. The molecule has 0 bridgehead atoms. The number of rotatable bonds is 11. The molecule has 1 amide bonds. The summed E-state index contributed by atoms with van der Waals surface area (Å²) in [5.41, 5.74) is 0.768. The van der Waals surface area contributed by atoms with E-state index in [-0.39, 0.29) is 58.7 Å². The molecule has 10 heteroatoms. The van der Waals surface area contributed by atoms with Crippen LogP contribution in [0.5, 0.6) is 5.75 Å². The van der Waals surface area contributed by atoms with Crippen molar-refractivity contribution in [2.24, 2.45) is 0 Å². The Morgan fingerprint density at radius 3 is 2.47 bits per heavy atom. The molecule has 3 aromatic carbocycles. The van der Waals surface area contributed by atoms with Gasteiger partial charge < -0.3 is 24.8 Å². The van der Waals surface area contributed by atoms with E-state index >= 15 is 8.78 Å². The Morgan fingerprint density at radius 2 is 1.82 bits per heavy atom. The predicted octanol–water partition coefficient (Wildman–Crippen LogP) is 7.34. The maximum Gasteiger partial charge on any atom is 0.407 e. The molecule has 1 fully saturated rings. The summed E-state index contributed by atoms with van der Waals surface area (Å²) in [6.45, 7) is 6.27. The summed E-state index contributed by atoms with van der Waals surface area (Å²) in [6, 6.07) is 19.2. The highest BCUT2D eigenvalue weighted by Gasteiger charge is 2.27. The first-order chi connectivity index (χ1) is 21.5. The minimum absolute atomic E-state index is 0.000822. The number of carbonyl (C=O) groups excluding carboxylic acids is 1. The van der Waals surface area contributed by atoms with Crippen molar-refractivity contribution in [1.82, 2.24) is 10.6 Å². The molecule has 2 N–H and O–H groups in total. The lowest BCUT2D eigenvalue weighted by atomic mass is 9.87. The van der Waals surface area contributed by atoms with Gasteiger partial charge in [0.1, 0.15) is 18.0 Å². The molecule has 0 heterocycles. The van der Waals surface area contributed by atoms with E-state index in [1.165, 1.54) is 25.3 Å². The average Bonchev–Trinajstić information content (AvgIpc) is 3.00. The standard InChI is InChI=1S/C35H38ClF2N3O4/c1-35(2,3)45-34(42)41-26-13-11-25(12-14-26)40-21-28(22-8-6-5-7-9-22)24-18-27(32(36)29(37)19-24)31-23(20-39)10-15-30(33(31)38)44-17-16-43-4/h6,8-10,15,18-19,25-26,28,40H,11-14,16-17,21H2,1-4H3,(H,41,42). The highest BCUT2D eigenvalue weighted by Crippen LogP contribution is 2.40. The van der Waals surface area contributed by atoms with Gasteiger partial charge in [0.2, 0.25) is 0 Å². The molecule has 1 aliphatic carbocycles. The zero-order valence-electron chi connectivity index (χ0n) is 25.9. The van der Waals surface area contributed by atoms with Crippen LogP contribution in [0.2, 0.25) is 5.02 Å². The molecule has 0 saturated heterocycles. The Balaban J connectivity index is 1.58. The van der Waals surface area contributed by atoms with Crippen LogP contribution in [0.4, 0.5) is 13.6 Å². The Labute approximate surface area is 268 Å². The zero-order chi connectivity index (χ0) is 32.6. The minimum Gasteiger partial charge on any atom is -0.488 e. The maximum atomic E-state index is 15.8. The van der Waals surface area contributed by atoms with Gasteiger partial charge in [-0.15, -0.1) is 0 Å². The van der Waals surface area contributed by atoms with Gasteiger partial charge in [0.05, 0.1) is 23.3 Å². The van der Waals surface area contributed by atoms with Gasteiger partial charge in [-0.25, -0.2) is 13.6 Å². The summed E-state index contributed by atoms with van der Waals surface area (Å²) in [7, 11) is 1.50. The summed E-state index contributed by atoms with van der Waals surface area (Å²) >= 11 is 6.44. The number of nitrogens with zero attached hydrogens (tertiary/aromatic N) is 1. The second kappa shape index (κ2) is 15.4. The molecule has 1 unspecified atom stereocenters. The fraction of sp³-hybridized carbons (Fsp3) is 0.429. The van der Waals surface area contributed by atoms with Gasteiger partial charge in [0.15, 0.2) is 11.6 Å². The lowest BCUT2D eigenvalue weighted by molar-refractivity contribution is 0.0489. The third-order valence-corrected chi connectivity index (χ3v) is 8.02. The first-order valence-electron chi connectivity index (χ1n) is 14.9. The van der Waals surface area contributed by atoms with E-state index in [2.05, 4.69) is 22.8 Å². The molecule has 0 spiro atoms. The van der Waals surface area contributed by atoms with E-state index in [1.54, 1.807) is 18.2 Å². The number of alkyl carbamates (subject to hydrolysis) is 1. The molecule has 1 saturated carbocycles. The first-order valence-corrected chi connectivity index (χ1v) is 15.3. The van der Waals surface area contributed by atoms with E-state index in [4.69, 9.17) is 25.8 Å². The van der Waals surface area contributed by atoms with Crippen LogP contribution in [-0.4, -0.2) is 50.6 Å². The molecule has 45 heavy (non-hydrogen) atoms. The molecule has 4 rings (SSSR count). The number of nitriles is 1. The van der Waals surface area contributed by atoms with E-state index in [0.717, 1.165) is 31.2 Å². The predicted molar refractivity (Wildman–Crippen MR) is 168 cm³/mol. The number of nitrogens with one attached hydrogen (secondary N) is 2. The monoisotopic (exact) mass is 637 g/mol. The largest absolute Gasteiger partial charge is 0.488 e. The average molecular weight is 638 g/mol. The zero-order valence-corrected chi connectivity index (χ0v) is 26.7. The fourth-order valence-electron chi connectivity index (χ4n) is 5.46. The number of hydrogen-bond acceptors (Lipinski definition) is 6. The van der Waals surface area contributed by atoms with Crippen LogP contribution in [-0.2, 0) is 9.47 Å². The normalized spacial score (nSPS) is 17.1. The third-order valence-electron chi connectivity index (χ3n) is 7.64. The highest BCUT2D eigenvalue weighted by molar-refractivity contribution is 6.33. The number of halogens is 3. The van der Waals surface area contributed by atoms with Crippen LogP contribution < -0.4 is 15.4 Å². The van der Waals surface area contributed by atoms with Gasteiger partial charge >= 0.3 is 6.09 Å². The number of amides is 1. The molecule has 0 aromatic heterocycles. The second-order valence-electron chi connectivity index (χ2n) is 12.0. The van der Waals surface area contributed by atoms with Crippen molar-refractivity contribution in [2.75, 3.05) is 26.9 Å². The van der Waals surface area contributed by atoms with Crippen molar-refractivity contribution < 1.29 is 27.8 Å². The number of ether oxygens (including phenoxy) is 3. The van der Waals surface area contributed by atoms with Crippen LogP contribution >= 0.6 is 11.6 Å². The Hall–Kier alpha value is -3.89. The van der Waals surface area contributed by atoms with E-state index in [1.807, 2.05) is 32.9 Å².